The fourth-order valence-electron chi connectivity index (χ4n) is 0.620. The summed E-state index contributed by atoms with van der Waals surface area (Å²) in [6.07, 6.45) is 1.11. The van der Waals surface area contributed by atoms with Crippen LogP contribution in [0.1, 0.15) is 0 Å². The van der Waals surface area contributed by atoms with Crippen molar-refractivity contribution in [2.45, 2.75) is 0 Å². The van der Waals surface area contributed by atoms with E-state index in [4.69, 9.17) is 14.9 Å². The van der Waals surface area contributed by atoms with Crippen molar-refractivity contribution in [2.75, 3.05) is 7.11 Å². The number of aliphatic hydroxyl groups excluding tert-OH is 1. The Kier molecular flexibility index (Phi) is 6.59. The second kappa shape index (κ2) is 7.67. The molecule has 0 fully saturated rings. The lowest BCUT2D eigenvalue weighted by molar-refractivity contribution is -0.131. The van der Waals surface area contributed by atoms with Crippen LogP contribution in [-0.2, 0) is 4.79 Å². The van der Waals surface area contributed by atoms with Gasteiger partial charge in [-0.2, -0.15) is 0 Å². The number of para-hydroxylation sites is 1. The van der Waals surface area contributed by atoms with E-state index in [0.717, 1.165) is 5.75 Å². The van der Waals surface area contributed by atoms with E-state index in [0.29, 0.717) is 12.3 Å². The second-order valence-electron chi connectivity index (χ2n) is 2.17. The molecule has 0 saturated heterocycles. The monoisotopic (exact) mass is 196 g/mol. The number of ether oxygens (including phenoxy) is 1. The molecule has 0 heterocycles. The number of carboxylic acid groups (broad SMARTS) is 1. The number of aliphatic hydroxyl groups is 1. The first-order chi connectivity index (χ1) is 6.70. The van der Waals surface area contributed by atoms with Crippen molar-refractivity contribution >= 4 is 5.97 Å². The van der Waals surface area contributed by atoms with E-state index in [1.807, 2.05) is 30.3 Å². The topological polar surface area (TPSA) is 66.8 Å². The Labute approximate surface area is 82.1 Å². The molecule has 0 saturated carbocycles. The van der Waals surface area contributed by atoms with Gasteiger partial charge >= 0.3 is 5.97 Å². The fourth-order valence-corrected chi connectivity index (χ4v) is 0.620. The van der Waals surface area contributed by atoms with Crippen LogP contribution >= 0.6 is 0 Å². The van der Waals surface area contributed by atoms with Crippen molar-refractivity contribution in [1.29, 1.82) is 0 Å². The molecule has 0 spiro atoms. The molecule has 0 bridgehead atoms. The minimum atomic E-state index is -1.14. The highest BCUT2D eigenvalue weighted by Crippen LogP contribution is 2.05. The predicted octanol–water partition coefficient (Wildman–Crippen LogP) is 1.84. The number of methoxy groups -OCH3 is 1. The Morgan fingerprint density at radius 2 is 1.93 bits per heavy atom. The summed E-state index contributed by atoms with van der Waals surface area (Å²) in [5, 5.41) is 15.3. The van der Waals surface area contributed by atoms with Crippen LogP contribution in [0.3, 0.4) is 0 Å². The number of hydrogen-bond acceptors (Lipinski definition) is 3. The number of hydrogen-bond donors (Lipinski definition) is 2. The molecule has 1 aromatic carbocycles. The molecular formula is C10H12O4. The van der Waals surface area contributed by atoms with E-state index in [1.54, 1.807) is 7.11 Å². The first-order valence-electron chi connectivity index (χ1n) is 3.83. The minimum absolute atomic E-state index is 0.475. The number of carboxylic acids is 1. The van der Waals surface area contributed by atoms with Crippen LogP contribution in [0.25, 0.3) is 0 Å². The van der Waals surface area contributed by atoms with Crippen molar-refractivity contribution in [3.63, 3.8) is 0 Å². The highest BCUT2D eigenvalue weighted by atomic mass is 16.5. The summed E-state index contributed by atoms with van der Waals surface area (Å²) in [4.78, 5) is 9.35. The van der Waals surface area contributed by atoms with Gasteiger partial charge in [-0.1, -0.05) is 18.2 Å². The standard InChI is InChI=1S/C7H8O.C3H4O3/c1-8-7-5-3-2-4-6-7;4-2-1-3(5)6/h2-6H,1H3;1-2,4H,(H,5,6). The number of aliphatic carboxylic acids is 1. The molecule has 0 atom stereocenters. The normalized spacial score (nSPS) is 8.93. The van der Waals surface area contributed by atoms with Crippen molar-refractivity contribution in [1.82, 2.24) is 0 Å². The van der Waals surface area contributed by atoms with Gasteiger partial charge in [-0.3, -0.25) is 0 Å². The van der Waals surface area contributed by atoms with Crippen LogP contribution in [0.15, 0.2) is 42.7 Å². The number of carbonyl (C=O) groups is 1. The number of benzene rings is 1. The van der Waals surface area contributed by atoms with E-state index < -0.39 is 5.97 Å². The maximum atomic E-state index is 9.35. The SMILES string of the molecule is COc1ccccc1.O=C(O)C=CO. The summed E-state index contributed by atoms with van der Waals surface area (Å²) < 4.78 is 4.91. The molecular weight excluding hydrogens is 184 g/mol. The van der Waals surface area contributed by atoms with E-state index in [-0.39, 0.29) is 0 Å². The molecule has 14 heavy (non-hydrogen) atoms. The van der Waals surface area contributed by atoms with Crippen LogP contribution in [0.4, 0.5) is 0 Å². The van der Waals surface area contributed by atoms with Crippen LogP contribution in [0.5, 0.6) is 5.75 Å². The van der Waals surface area contributed by atoms with Gasteiger partial charge in [-0.25, -0.2) is 4.79 Å². The predicted molar refractivity (Wildman–Crippen MR) is 52.4 cm³/mol. The smallest absolute Gasteiger partial charge is 0.331 e. The van der Waals surface area contributed by atoms with Gasteiger partial charge in [-0.15, -0.1) is 0 Å². The zero-order valence-corrected chi connectivity index (χ0v) is 7.75. The van der Waals surface area contributed by atoms with Crippen molar-refractivity contribution in [2.24, 2.45) is 0 Å². The lowest BCUT2D eigenvalue weighted by Crippen LogP contribution is -1.84. The quantitative estimate of drug-likeness (QED) is 0.559. The van der Waals surface area contributed by atoms with E-state index >= 15 is 0 Å². The van der Waals surface area contributed by atoms with Crippen molar-refractivity contribution in [3.8, 4) is 5.75 Å². The van der Waals surface area contributed by atoms with Crippen LogP contribution < -0.4 is 4.74 Å². The average Bonchev–Trinajstić information content (AvgIpc) is 2.20. The van der Waals surface area contributed by atoms with Crippen LogP contribution in [-0.4, -0.2) is 23.3 Å². The second-order valence-corrected chi connectivity index (χ2v) is 2.17. The molecule has 1 rings (SSSR count). The average molecular weight is 196 g/mol. The van der Waals surface area contributed by atoms with Gasteiger partial charge in [0.05, 0.1) is 19.4 Å². The molecule has 0 aliphatic carbocycles. The summed E-state index contributed by atoms with van der Waals surface area (Å²) >= 11 is 0. The van der Waals surface area contributed by atoms with Gasteiger partial charge in [0.15, 0.2) is 0 Å². The van der Waals surface area contributed by atoms with E-state index in [1.165, 1.54) is 0 Å². The summed E-state index contributed by atoms with van der Waals surface area (Å²) in [5.41, 5.74) is 0. The van der Waals surface area contributed by atoms with Gasteiger partial charge < -0.3 is 14.9 Å². The van der Waals surface area contributed by atoms with Crippen molar-refractivity contribution in [3.05, 3.63) is 42.7 Å². The maximum absolute atomic E-state index is 9.35. The van der Waals surface area contributed by atoms with Gasteiger partial charge in [0.25, 0.3) is 0 Å². The molecule has 76 valence electrons. The zero-order chi connectivity index (χ0) is 10.8. The highest BCUT2D eigenvalue weighted by molar-refractivity contribution is 5.79. The minimum Gasteiger partial charge on any atom is -0.515 e. The summed E-state index contributed by atoms with van der Waals surface area (Å²) in [6.45, 7) is 0. The lowest BCUT2D eigenvalue weighted by atomic mass is 10.3. The summed E-state index contributed by atoms with van der Waals surface area (Å²) in [7, 11) is 1.66. The fraction of sp³-hybridized carbons (Fsp3) is 0.100. The first kappa shape index (κ1) is 12.0. The third-order valence-electron chi connectivity index (χ3n) is 1.20. The van der Waals surface area contributed by atoms with Crippen LogP contribution in [0, 0.1) is 0 Å². The molecule has 4 heteroatoms. The molecule has 1 aromatic rings. The van der Waals surface area contributed by atoms with Crippen molar-refractivity contribution < 1.29 is 19.7 Å². The Balaban J connectivity index is 0.000000255. The Morgan fingerprint density at radius 3 is 2.14 bits per heavy atom. The van der Waals surface area contributed by atoms with Gasteiger partial charge in [0, 0.05) is 0 Å². The number of rotatable bonds is 2. The maximum Gasteiger partial charge on any atom is 0.331 e. The molecule has 2 N–H and O–H groups in total. The van der Waals surface area contributed by atoms with Crippen LogP contribution in [0.2, 0.25) is 0 Å². The molecule has 0 aliphatic heterocycles. The molecule has 0 unspecified atom stereocenters. The largest absolute Gasteiger partial charge is 0.515 e. The Bertz CT molecular complexity index is 279. The summed E-state index contributed by atoms with van der Waals surface area (Å²) in [5.74, 6) is -0.231. The third-order valence-corrected chi connectivity index (χ3v) is 1.20. The van der Waals surface area contributed by atoms with E-state index in [2.05, 4.69) is 0 Å². The molecule has 0 aromatic heterocycles. The third kappa shape index (κ3) is 6.72. The summed E-state index contributed by atoms with van der Waals surface area (Å²) in [6, 6.07) is 9.68. The Hall–Kier alpha value is -1.97. The van der Waals surface area contributed by atoms with Gasteiger partial charge in [-0.05, 0) is 12.1 Å². The molecule has 0 radical (unpaired) electrons. The first-order valence-corrected chi connectivity index (χ1v) is 3.83. The molecule has 4 nitrogen and oxygen atoms in total. The van der Waals surface area contributed by atoms with Gasteiger partial charge in [0.2, 0.25) is 0 Å². The zero-order valence-electron chi connectivity index (χ0n) is 7.75. The lowest BCUT2D eigenvalue weighted by Gasteiger charge is -1.93. The molecule has 0 aliphatic rings. The highest BCUT2D eigenvalue weighted by Gasteiger charge is 1.80. The van der Waals surface area contributed by atoms with E-state index in [9.17, 15) is 4.79 Å². The van der Waals surface area contributed by atoms with Gasteiger partial charge in [0.1, 0.15) is 5.75 Å². The Morgan fingerprint density at radius 1 is 1.36 bits per heavy atom. The molecule has 0 amide bonds.